The lowest BCUT2D eigenvalue weighted by Crippen LogP contribution is -2.62. The quantitative estimate of drug-likeness (QED) is 0.799. The van der Waals surface area contributed by atoms with Crippen LogP contribution in [-0.4, -0.2) is 54.1 Å². The lowest BCUT2D eigenvalue weighted by Gasteiger charge is -2.49. The average Bonchev–Trinajstić information content (AvgIpc) is 3.04. The van der Waals surface area contributed by atoms with Crippen molar-refractivity contribution in [3.8, 4) is 0 Å². The van der Waals surface area contributed by atoms with Crippen LogP contribution in [0.15, 0.2) is 0 Å². The minimum absolute atomic E-state index is 0.388. The van der Waals surface area contributed by atoms with Crippen molar-refractivity contribution in [3.05, 3.63) is 0 Å². The van der Waals surface area contributed by atoms with E-state index in [9.17, 15) is 0 Å². The number of fused-ring (bicyclic) bond motifs is 1. The Labute approximate surface area is 105 Å². The van der Waals surface area contributed by atoms with E-state index >= 15 is 0 Å². The molecule has 3 nitrogen and oxygen atoms in total. The number of hydrogen-bond acceptors (Lipinski definition) is 3. The van der Waals surface area contributed by atoms with Crippen molar-refractivity contribution in [2.45, 2.75) is 44.7 Å². The highest BCUT2D eigenvalue weighted by Crippen LogP contribution is 2.59. The number of rotatable bonds is 3. The Morgan fingerprint density at radius 3 is 2.65 bits per heavy atom. The molecule has 0 aromatic rings. The molecule has 2 aliphatic carbocycles. The summed E-state index contributed by atoms with van der Waals surface area (Å²) < 4.78 is 0. The van der Waals surface area contributed by atoms with E-state index in [2.05, 4.69) is 23.6 Å². The van der Waals surface area contributed by atoms with Crippen LogP contribution >= 0.6 is 0 Å². The summed E-state index contributed by atoms with van der Waals surface area (Å²) in [5, 5.41) is 0. The number of piperazine rings is 1. The maximum Gasteiger partial charge on any atom is 0.0363 e. The van der Waals surface area contributed by atoms with Crippen molar-refractivity contribution >= 4 is 0 Å². The van der Waals surface area contributed by atoms with Gasteiger partial charge in [-0.2, -0.15) is 0 Å². The van der Waals surface area contributed by atoms with Gasteiger partial charge in [-0.1, -0.05) is 6.92 Å². The molecule has 3 heteroatoms. The third-order valence-corrected chi connectivity index (χ3v) is 5.72. The molecule has 3 aliphatic rings. The molecule has 17 heavy (non-hydrogen) atoms. The van der Waals surface area contributed by atoms with Crippen molar-refractivity contribution in [1.82, 2.24) is 9.80 Å². The summed E-state index contributed by atoms with van der Waals surface area (Å²) in [6.07, 6.45) is 4.25. The Hall–Kier alpha value is -0.120. The van der Waals surface area contributed by atoms with Crippen LogP contribution in [0, 0.1) is 11.8 Å². The molecule has 0 amide bonds. The molecule has 0 aromatic carbocycles. The molecule has 4 unspecified atom stereocenters. The van der Waals surface area contributed by atoms with Gasteiger partial charge in [-0.05, 0) is 44.6 Å². The van der Waals surface area contributed by atoms with Crippen molar-refractivity contribution in [3.63, 3.8) is 0 Å². The predicted molar refractivity (Wildman–Crippen MR) is 70.9 cm³/mol. The number of nitrogens with two attached hydrogens (primary N) is 1. The summed E-state index contributed by atoms with van der Waals surface area (Å²) in [6.45, 7) is 10.4. The molecule has 4 atom stereocenters. The van der Waals surface area contributed by atoms with E-state index in [0.29, 0.717) is 11.6 Å². The fourth-order valence-electron chi connectivity index (χ4n) is 4.49. The topological polar surface area (TPSA) is 32.5 Å². The van der Waals surface area contributed by atoms with E-state index in [1.165, 1.54) is 45.4 Å². The zero-order valence-corrected chi connectivity index (χ0v) is 11.4. The summed E-state index contributed by atoms with van der Waals surface area (Å²) >= 11 is 0. The third-order valence-electron chi connectivity index (χ3n) is 5.72. The maximum absolute atomic E-state index is 6.17. The molecule has 1 saturated heterocycles. The second-order valence-corrected chi connectivity index (χ2v) is 6.37. The molecule has 0 radical (unpaired) electrons. The van der Waals surface area contributed by atoms with Crippen LogP contribution < -0.4 is 5.73 Å². The fourth-order valence-corrected chi connectivity index (χ4v) is 4.49. The van der Waals surface area contributed by atoms with E-state index in [-0.39, 0.29) is 0 Å². The van der Waals surface area contributed by atoms with E-state index in [4.69, 9.17) is 5.73 Å². The first-order valence-electron chi connectivity index (χ1n) is 7.40. The lowest BCUT2D eigenvalue weighted by molar-refractivity contribution is 0.00193. The zero-order chi connectivity index (χ0) is 12.0. The van der Waals surface area contributed by atoms with E-state index in [1.54, 1.807) is 0 Å². The molecule has 0 spiro atoms. The standard InChI is InChI=1S/C14H27N3/c1-3-16-6-7-17(9-11(16)2)14(10-15)5-4-12-8-13(12)14/h11-13H,3-10,15H2,1-2H3. The van der Waals surface area contributed by atoms with Gasteiger partial charge < -0.3 is 5.73 Å². The Morgan fingerprint density at radius 2 is 2.18 bits per heavy atom. The normalized spacial score (nSPS) is 47.1. The van der Waals surface area contributed by atoms with Gasteiger partial charge in [-0.15, -0.1) is 0 Å². The van der Waals surface area contributed by atoms with Crippen LogP contribution in [-0.2, 0) is 0 Å². The van der Waals surface area contributed by atoms with Gasteiger partial charge in [0.2, 0.25) is 0 Å². The van der Waals surface area contributed by atoms with Crippen LogP contribution in [0.1, 0.15) is 33.1 Å². The van der Waals surface area contributed by atoms with Crippen molar-refractivity contribution < 1.29 is 0 Å². The van der Waals surface area contributed by atoms with Crippen LogP contribution in [0.25, 0.3) is 0 Å². The van der Waals surface area contributed by atoms with Crippen molar-refractivity contribution in [2.24, 2.45) is 17.6 Å². The van der Waals surface area contributed by atoms with Crippen LogP contribution in [0.4, 0.5) is 0 Å². The lowest BCUT2D eigenvalue weighted by atomic mass is 9.89. The van der Waals surface area contributed by atoms with Gasteiger partial charge in [0.15, 0.2) is 0 Å². The minimum Gasteiger partial charge on any atom is -0.329 e. The Bertz CT molecular complexity index is 293. The first-order chi connectivity index (χ1) is 8.21. The third kappa shape index (κ3) is 1.74. The second kappa shape index (κ2) is 4.22. The van der Waals surface area contributed by atoms with Gasteiger partial charge in [0.05, 0.1) is 0 Å². The molecule has 1 aliphatic heterocycles. The van der Waals surface area contributed by atoms with Crippen molar-refractivity contribution in [2.75, 3.05) is 32.7 Å². The summed E-state index contributed by atoms with van der Waals surface area (Å²) in [7, 11) is 0. The number of nitrogens with zero attached hydrogens (tertiary/aromatic N) is 2. The molecular formula is C14H27N3. The van der Waals surface area contributed by atoms with Gasteiger partial charge in [0.1, 0.15) is 0 Å². The molecule has 3 rings (SSSR count). The Kier molecular flexibility index (Phi) is 2.96. The molecule has 98 valence electrons. The molecule has 1 heterocycles. The monoisotopic (exact) mass is 237 g/mol. The summed E-state index contributed by atoms with van der Waals surface area (Å²) in [4.78, 5) is 5.35. The van der Waals surface area contributed by atoms with Crippen LogP contribution in [0.3, 0.4) is 0 Å². The molecule has 0 aromatic heterocycles. The highest BCUT2D eigenvalue weighted by atomic mass is 15.3. The van der Waals surface area contributed by atoms with Gasteiger partial charge in [0.25, 0.3) is 0 Å². The molecule has 2 N–H and O–H groups in total. The molecule has 0 bridgehead atoms. The first kappa shape index (κ1) is 11.9. The molecule has 3 fully saturated rings. The second-order valence-electron chi connectivity index (χ2n) is 6.37. The SMILES string of the molecule is CCN1CCN(C2(CN)CCC3CC32)CC1C. The minimum atomic E-state index is 0.388. The average molecular weight is 237 g/mol. The van der Waals surface area contributed by atoms with Gasteiger partial charge in [0, 0.05) is 37.8 Å². The first-order valence-corrected chi connectivity index (χ1v) is 7.40. The van der Waals surface area contributed by atoms with Crippen molar-refractivity contribution in [1.29, 1.82) is 0 Å². The summed E-state index contributed by atoms with van der Waals surface area (Å²) in [6, 6.07) is 0.704. The van der Waals surface area contributed by atoms with Gasteiger partial charge in [-0.3, -0.25) is 9.80 Å². The highest BCUT2D eigenvalue weighted by molar-refractivity contribution is 5.14. The number of likely N-dealkylation sites (N-methyl/N-ethyl adjacent to an activating group) is 1. The summed E-state index contributed by atoms with van der Waals surface area (Å²) in [5.74, 6) is 1.96. The zero-order valence-electron chi connectivity index (χ0n) is 11.4. The van der Waals surface area contributed by atoms with Gasteiger partial charge >= 0.3 is 0 Å². The van der Waals surface area contributed by atoms with E-state index in [0.717, 1.165) is 18.4 Å². The van der Waals surface area contributed by atoms with Crippen LogP contribution in [0.5, 0.6) is 0 Å². The smallest absolute Gasteiger partial charge is 0.0363 e. The summed E-state index contributed by atoms with van der Waals surface area (Å²) in [5.41, 5.74) is 6.56. The highest BCUT2D eigenvalue weighted by Gasteiger charge is 2.59. The number of hydrogen-bond donors (Lipinski definition) is 1. The van der Waals surface area contributed by atoms with E-state index < -0.39 is 0 Å². The molecule has 2 saturated carbocycles. The Morgan fingerprint density at radius 1 is 1.35 bits per heavy atom. The Balaban J connectivity index is 1.72. The predicted octanol–water partition coefficient (Wildman–Crippen LogP) is 1.14. The van der Waals surface area contributed by atoms with Gasteiger partial charge in [-0.25, -0.2) is 0 Å². The maximum atomic E-state index is 6.17. The molecular weight excluding hydrogens is 210 g/mol. The van der Waals surface area contributed by atoms with E-state index in [1.807, 2.05) is 0 Å². The van der Waals surface area contributed by atoms with Crippen LogP contribution in [0.2, 0.25) is 0 Å². The fraction of sp³-hybridized carbons (Fsp3) is 1.00. The largest absolute Gasteiger partial charge is 0.329 e.